The molecule has 1 N–H and O–H groups in total. The Kier molecular flexibility index (Phi) is 6.76. The van der Waals surface area contributed by atoms with E-state index in [2.05, 4.69) is 56.4 Å². The van der Waals surface area contributed by atoms with Crippen LogP contribution >= 0.6 is 0 Å². The van der Waals surface area contributed by atoms with Gasteiger partial charge < -0.3 is 5.32 Å². The molecule has 4 atom stereocenters. The highest BCUT2D eigenvalue weighted by Gasteiger charge is 2.29. The van der Waals surface area contributed by atoms with Crippen molar-refractivity contribution in [2.75, 3.05) is 6.54 Å². The first-order chi connectivity index (χ1) is 10.2. The topological polar surface area (TPSA) is 12.0 Å². The molecule has 1 heteroatoms. The highest BCUT2D eigenvalue weighted by molar-refractivity contribution is 5.14. The quantitative estimate of drug-likeness (QED) is 0.739. The van der Waals surface area contributed by atoms with E-state index in [1.54, 1.807) is 0 Å². The highest BCUT2D eigenvalue weighted by Crippen LogP contribution is 2.36. The zero-order valence-corrected chi connectivity index (χ0v) is 14.1. The van der Waals surface area contributed by atoms with Gasteiger partial charge in [0.25, 0.3) is 0 Å². The van der Waals surface area contributed by atoms with E-state index >= 15 is 0 Å². The van der Waals surface area contributed by atoms with E-state index in [1.165, 1.54) is 44.1 Å². The number of hydrogen-bond donors (Lipinski definition) is 1. The van der Waals surface area contributed by atoms with Crippen molar-refractivity contribution in [1.29, 1.82) is 0 Å². The predicted molar refractivity (Wildman–Crippen MR) is 92.5 cm³/mol. The number of nitrogens with one attached hydrogen (secondary N) is 1. The maximum Gasteiger partial charge on any atom is 0.00954 e. The molecule has 1 aliphatic carbocycles. The third kappa shape index (κ3) is 5.14. The second kappa shape index (κ2) is 8.58. The predicted octanol–water partition coefficient (Wildman–Crippen LogP) is 5.06. The molecule has 4 unspecified atom stereocenters. The Bertz CT molecular complexity index is 386. The summed E-state index contributed by atoms with van der Waals surface area (Å²) >= 11 is 0. The van der Waals surface area contributed by atoms with Gasteiger partial charge in [-0.15, -0.1) is 0 Å². The first-order valence-corrected chi connectivity index (χ1v) is 8.98. The second-order valence-corrected chi connectivity index (χ2v) is 7.07. The molecular formula is C20H33N. The summed E-state index contributed by atoms with van der Waals surface area (Å²) in [5, 5.41) is 3.77. The molecule has 21 heavy (non-hydrogen) atoms. The van der Waals surface area contributed by atoms with Crippen LogP contribution in [0.25, 0.3) is 0 Å². The lowest BCUT2D eigenvalue weighted by molar-refractivity contribution is 0.166. The van der Waals surface area contributed by atoms with Gasteiger partial charge in [-0.05, 0) is 62.0 Å². The third-order valence-electron chi connectivity index (χ3n) is 5.50. The van der Waals surface area contributed by atoms with Crippen molar-refractivity contribution in [1.82, 2.24) is 5.32 Å². The van der Waals surface area contributed by atoms with Crippen molar-refractivity contribution in [3.63, 3.8) is 0 Å². The Morgan fingerprint density at radius 3 is 2.52 bits per heavy atom. The maximum absolute atomic E-state index is 3.77. The smallest absolute Gasteiger partial charge is 0.00954 e. The Morgan fingerprint density at radius 2 is 1.86 bits per heavy atom. The average molecular weight is 287 g/mol. The minimum absolute atomic E-state index is 0.730. The normalized spacial score (nSPS) is 27.5. The fourth-order valence-electron chi connectivity index (χ4n) is 3.89. The maximum atomic E-state index is 3.77. The molecule has 2 rings (SSSR count). The van der Waals surface area contributed by atoms with Crippen molar-refractivity contribution < 1.29 is 0 Å². The summed E-state index contributed by atoms with van der Waals surface area (Å²) in [5.74, 6) is 2.72. The fourth-order valence-corrected chi connectivity index (χ4v) is 3.89. The molecule has 0 aromatic heterocycles. The molecule has 1 aliphatic rings. The van der Waals surface area contributed by atoms with Crippen LogP contribution in [-0.4, -0.2) is 12.6 Å². The Morgan fingerprint density at radius 1 is 1.10 bits per heavy atom. The van der Waals surface area contributed by atoms with Crippen LogP contribution in [0, 0.1) is 17.8 Å². The van der Waals surface area contributed by atoms with Gasteiger partial charge in [0.1, 0.15) is 0 Å². The lowest BCUT2D eigenvalue weighted by atomic mass is 9.72. The van der Waals surface area contributed by atoms with Crippen LogP contribution in [0.15, 0.2) is 30.3 Å². The monoisotopic (exact) mass is 287 g/mol. The third-order valence-corrected chi connectivity index (χ3v) is 5.50. The molecule has 0 amide bonds. The molecule has 1 saturated carbocycles. The van der Waals surface area contributed by atoms with Crippen molar-refractivity contribution in [3.05, 3.63) is 35.9 Å². The Hall–Kier alpha value is -0.820. The minimum atomic E-state index is 0.730. The molecule has 0 spiro atoms. The molecule has 118 valence electrons. The first-order valence-electron chi connectivity index (χ1n) is 8.98. The Labute approximate surface area is 131 Å². The van der Waals surface area contributed by atoms with Gasteiger partial charge in [0, 0.05) is 6.04 Å². The van der Waals surface area contributed by atoms with Crippen LogP contribution in [0.4, 0.5) is 0 Å². The summed E-state index contributed by atoms with van der Waals surface area (Å²) in [6, 6.07) is 11.7. The van der Waals surface area contributed by atoms with Crippen LogP contribution in [0.1, 0.15) is 58.4 Å². The van der Waals surface area contributed by atoms with E-state index in [-0.39, 0.29) is 0 Å². The molecular weight excluding hydrogens is 254 g/mol. The van der Waals surface area contributed by atoms with E-state index in [9.17, 15) is 0 Å². The lowest BCUT2D eigenvalue weighted by Gasteiger charge is -2.37. The molecule has 1 aromatic rings. The van der Waals surface area contributed by atoms with Crippen molar-refractivity contribution >= 4 is 0 Å². The lowest BCUT2D eigenvalue weighted by Crippen LogP contribution is -2.39. The van der Waals surface area contributed by atoms with E-state index < -0.39 is 0 Å². The first kappa shape index (κ1) is 16.5. The SMILES string of the molecule is CCNC(CCCc1ccccc1)C1CCC(C)C(C)C1. The minimum Gasteiger partial charge on any atom is -0.314 e. The van der Waals surface area contributed by atoms with Gasteiger partial charge in [-0.3, -0.25) is 0 Å². The van der Waals surface area contributed by atoms with Crippen molar-refractivity contribution in [2.24, 2.45) is 17.8 Å². The van der Waals surface area contributed by atoms with Gasteiger partial charge in [-0.2, -0.15) is 0 Å². The van der Waals surface area contributed by atoms with Crippen LogP contribution in [0.5, 0.6) is 0 Å². The van der Waals surface area contributed by atoms with Crippen LogP contribution < -0.4 is 5.32 Å². The van der Waals surface area contributed by atoms with E-state index in [0.29, 0.717) is 0 Å². The second-order valence-electron chi connectivity index (χ2n) is 7.07. The molecule has 0 bridgehead atoms. The number of aryl methyl sites for hydroxylation is 1. The van der Waals surface area contributed by atoms with Gasteiger partial charge in [0.2, 0.25) is 0 Å². The Balaban J connectivity index is 1.81. The highest BCUT2D eigenvalue weighted by atomic mass is 14.9. The molecule has 1 fully saturated rings. The van der Waals surface area contributed by atoms with E-state index in [1.807, 2.05) is 0 Å². The van der Waals surface area contributed by atoms with Gasteiger partial charge in [-0.25, -0.2) is 0 Å². The molecule has 0 aliphatic heterocycles. The summed E-state index contributed by atoms with van der Waals surface area (Å²) in [5.41, 5.74) is 1.48. The van der Waals surface area contributed by atoms with Crippen LogP contribution in [0.2, 0.25) is 0 Å². The fraction of sp³-hybridized carbons (Fsp3) is 0.700. The zero-order valence-electron chi connectivity index (χ0n) is 14.1. The molecule has 1 nitrogen and oxygen atoms in total. The number of rotatable bonds is 7. The van der Waals surface area contributed by atoms with Gasteiger partial charge in [0.05, 0.1) is 0 Å². The molecule has 0 heterocycles. The van der Waals surface area contributed by atoms with Gasteiger partial charge in [0.15, 0.2) is 0 Å². The molecule has 0 saturated heterocycles. The average Bonchev–Trinajstić information content (AvgIpc) is 2.50. The van der Waals surface area contributed by atoms with E-state index in [4.69, 9.17) is 0 Å². The van der Waals surface area contributed by atoms with Crippen molar-refractivity contribution in [2.45, 2.75) is 65.3 Å². The van der Waals surface area contributed by atoms with Crippen LogP contribution in [-0.2, 0) is 6.42 Å². The summed E-state index contributed by atoms with van der Waals surface area (Å²) in [4.78, 5) is 0. The number of benzene rings is 1. The van der Waals surface area contributed by atoms with Gasteiger partial charge in [-0.1, -0.05) is 57.5 Å². The summed E-state index contributed by atoms with van der Waals surface area (Å²) in [7, 11) is 0. The zero-order chi connectivity index (χ0) is 15.1. The summed E-state index contributed by atoms with van der Waals surface area (Å²) in [6.45, 7) is 8.23. The summed E-state index contributed by atoms with van der Waals surface area (Å²) in [6.07, 6.45) is 8.13. The van der Waals surface area contributed by atoms with Gasteiger partial charge >= 0.3 is 0 Å². The largest absolute Gasteiger partial charge is 0.314 e. The molecule has 0 radical (unpaired) electrons. The summed E-state index contributed by atoms with van der Waals surface area (Å²) < 4.78 is 0. The van der Waals surface area contributed by atoms with Crippen LogP contribution in [0.3, 0.4) is 0 Å². The van der Waals surface area contributed by atoms with Crippen molar-refractivity contribution in [3.8, 4) is 0 Å². The number of hydrogen-bond acceptors (Lipinski definition) is 1. The van der Waals surface area contributed by atoms with E-state index in [0.717, 1.165) is 30.3 Å². The standard InChI is InChI=1S/C20H33N/c1-4-21-20(19-14-13-16(2)17(3)15-19)12-8-11-18-9-6-5-7-10-18/h5-7,9-10,16-17,19-21H,4,8,11-15H2,1-3H3. The molecule has 1 aromatic carbocycles.